The highest BCUT2D eigenvalue weighted by molar-refractivity contribution is 9.10. The van der Waals surface area contributed by atoms with Crippen molar-refractivity contribution >= 4 is 21.6 Å². The van der Waals surface area contributed by atoms with Crippen LogP contribution in [-0.2, 0) is 13.1 Å². The molecule has 0 unspecified atom stereocenters. The molecule has 2 aromatic carbocycles. The highest BCUT2D eigenvalue weighted by Gasteiger charge is 2.19. The van der Waals surface area contributed by atoms with Gasteiger partial charge in [0.25, 0.3) is 6.43 Å². The van der Waals surface area contributed by atoms with Crippen LogP contribution in [0.5, 0.6) is 17.4 Å². The molecule has 0 aliphatic heterocycles. The van der Waals surface area contributed by atoms with Gasteiger partial charge in [0.1, 0.15) is 11.5 Å². The number of hydrogen-bond donors (Lipinski definition) is 0. The van der Waals surface area contributed by atoms with E-state index in [0.717, 1.165) is 11.1 Å². The zero-order chi connectivity index (χ0) is 23.1. The van der Waals surface area contributed by atoms with Crippen LogP contribution in [0, 0.1) is 5.95 Å². The summed E-state index contributed by atoms with van der Waals surface area (Å²) in [5.74, 6) is 0.387. The third-order valence-electron chi connectivity index (χ3n) is 4.63. The largest absolute Gasteiger partial charge is 0.497 e. The number of aromatic nitrogens is 1. The normalized spacial score (nSPS) is 10.8. The lowest BCUT2D eigenvalue weighted by Crippen LogP contribution is -2.24. The SMILES string of the molecule is COc1ccc(CN(Cc2ccc(OC)cc2)c2cc(Br)c(OCC(F)F)nc2F)cc1. The molecule has 32 heavy (non-hydrogen) atoms. The number of alkyl halides is 2. The molecule has 9 heteroatoms. The highest BCUT2D eigenvalue weighted by atomic mass is 79.9. The second-order valence-electron chi connectivity index (χ2n) is 6.84. The monoisotopic (exact) mass is 510 g/mol. The molecule has 0 atom stereocenters. The molecule has 3 aromatic rings. The summed E-state index contributed by atoms with van der Waals surface area (Å²) in [6.45, 7) is -0.123. The van der Waals surface area contributed by atoms with Gasteiger partial charge in [0.05, 0.1) is 24.4 Å². The maximum Gasteiger partial charge on any atom is 0.272 e. The maximum absolute atomic E-state index is 15.0. The Morgan fingerprint density at radius 1 is 0.906 bits per heavy atom. The van der Waals surface area contributed by atoms with Gasteiger partial charge in [-0.25, -0.2) is 8.78 Å². The average Bonchev–Trinajstić information content (AvgIpc) is 2.80. The summed E-state index contributed by atoms with van der Waals surface area (Å²) >= 11 is 3.25. The highest BCUT2D eigenvalue weighted by Crippen LogP contribution is 2.32. The van der Waals surface area contributed by atoms with Crippen molar-refractivity contribution in [2.24, 2.45) is 0 Å². The molecule has 0 aliphatic rings. The second-order valence-corrected chi connectivity index (χ2v) is 7.69. The molecule has 0 amide bonds. The Morgan fingerprint density at radius 3 is 1.84 bits per heavy atom. The molecular weight excluding hydrogens is 489 g/mol. The number of pyridine rings is 1. The molecule has 3 rings (SSSR count). The van der Waals surface area contributed by atoms with E-state index in [0.29, 0.717) is 24.6 Å². The Bertz CT molecular complexity index is 969. The molecule has 1 heterocycles. The van der Waals surface area contributed by atoms with Crippen molar-refractivity contribution in [3.05, 3.63) is 76.1 Å². The van der Waals surface area contributed by atoms with Gasteiger partial charge in [-0.1, -0.05) is 24.3 Å². The van der Waals surface area contributed by atoms with E-state index in [4.69, 9.17) is 14.2 Å². The average molecular weight is 511 g/mol. The first-order chi connectivity index (χ1) is 15.4. The summed E-state index contributed by atoms with van der Waals surface area (Å²) in [5.41, 5.74) is 2.05. The number of hydrogen-bond acceptors (Lipinski definition) is 5. The Hall–Kier alpha value is -2.94. The van der Waals surface area contributed by atoms with Crippen molar-refractivity contribution < 1.29 is 27.4 Å². The van der Waals surface area contributed by atoms with Crippen LogP contribution in [0.3, 0.4) is 0 Å². The topological polar surface area (TPSA) is 43.8 Å². The number of ether oxygens (including phenoxy) is 3. The van der Waals surface area contributed by atoms with Crippen LogP contribution < -0.4 is 19.1 Å². The lowest BCUT2D eigenvalue weighted by molar-refractivity contribution is 0.0787. The summed E-state index contributed by atoms with van der Waals surface area (Å²) in [5, 5.41) is 0. The molecule has 0 saturated heterocycles. The van der Waals surface area contributed by atoms with Crippen LogP contribution in [0.15, 0.2) is 59.1 Å². The van der Waals surface area contributed by atoms with Crippen molar-refractivity contribution in [3.63, 3.8) is 0 Å². The number of rotatable bonds is 10. The van der Waals surface area contributed by atoms with Crippen molar-refractivity contribution in [2.45, 2.75) is 19.5 Å². The lowest BCUT2D eigenvalue weighted by Gasteiger charge is -2.26. The zero-order valence-electron chi connectivity index (χ0n) is 17.5. The minimum absolute atomic E-state index is 0.202. The molecule has 0 saturated carbocycles. The Kier molecular flexibility index (Phi) is 8.21. The quantitative estimate of drug-likeness (QED) is 0.320. The third-order valence-corrected chi connectivity index (χ3v) is 5.20. The lowest BCUT2D eigenvalue weighted by atomic mass is 10.1. The molecule has 0 N–H and O–H groups in total. The zero-order valence-corrected chi connectivity index (χ0v) is 19.1. The predicted molar refractivity (Wildman–Crippen MR) is 119 cm³/mol. The van der Waals surface area contributed by atoms with Crippen molar-refractivity contribution in [1.82, 2.24) is 4.98 Å². The fraction of sp³-hybridized carbons (Fsp3) is 0.261. The molecule has 1 aromatic heterocycles. The van der Waals surface area contributed by atoms with Crippen molar-refractivity contribution in [1.29, 1.82) is 0 Å². The number of anilines is 1. The standard InChI is InChI=1S/C23H22BrF3N2O3/c1-30-17-7-3-15(4-8-17)12-29(13-16-5-9-18(31-2)10-6-16)20-11-19(24)23(28-22(20)27)32-14-21(25)26/h3-11,21H,12-14H2,1-2H3. The fourth-order valence-electron chi connectivity index (χ4n) is 3.03. The van der Waals surface area contributed by atoms with Crippen LogP contribution in [0.4, 0.5) is 18.9 Å². The van der Waals surface area contributed by atoms with E-state index in [1.54, 1.807) is 19.1 Å². The van der Waals surface area contributed by atoms with Gasteiger partial charge in [0.2, 0.25) is 11.8 Å². The van der Waals surface area contributed by atoms with E-state index in [2.05, 4.69) is 20.9 Å². The molecule has 0 bridgehead atoms. The molecule has 0 radical (unpaired) electrons. The number of methoxy groups -OCH3 is 2. The summed E-state index contributed by atoms with van der Waals surface area (Å²) in [4.78, 5) is 5.55. The van der Waals surface area contributed by atoms with Gasteiger partial charge in [-0.15, -0.1) is 0 Å². The van der Waals surface area contributed by atoms with Crippen LogP contribution in [0.1, 0.15) is 11.1 Å². The van der Waals surface area contributed by atoms with Crippen LogP contribution >= 0.6 is 15.9 Å². The van der Waals surface area contributed by atoms with Crippen LogP contribution in [0.25, 0.3) is 0 Å². The number of halogens is 4. The number of benzene rings is 2. The third kappa shape index (κ3) is 6.29. The summed E-state index contributed by atoms with van der Waals surface area (Å²) in [6, 6.07) is 16.3. The van der Waals surface area contributed by atoms with E-state index < -0.39 is 19.0 Å². The second kappa shape index (κ2) is 11.1. The van der Waals surface area contributed by atoms with Gasteiger partial charge in [-0.2, -0.15) is 9.37 Å². The first-order valence-electron chi connectivity index (χ1n) is 9.67. The van der Waals surface area contributed by atoms with E-state index in [9.17, 15) is 13.2 Å². The Balaban J connectivity index is 1.91. The molecular formula is C23H22BrF3N2O3. The number of nitrogens with zero attached hydrogens (tertiary/aromatic N) is 2. The van der Waals surface area contributed by atoms with E-state index >= 15 is 0 Å². The van der Waals surface area contributed by atoms with Crippen LogP contribution in [0.2, 0.25) is 0 Å². The van der Waals surface area contributed by atoms with Gasteiger partial charge in [-0.3, -0.25) is 0 Å². The molecule has 5 nitrogen and oxygen atoms in total. The smallest absolute Gasteiger partial charge is 0.272 e. The van der Waals surface area contributed by atoms with Crippen molar-refractivity contribution in [3.8, 4) is 17.4 Å². The van der Waals surface area contributed by atoms with Crippen molar-refractivity contribution in [2.75, 3.05) is 25.7 Å². The predicted octanol–water partition coefficient (Wildman–Crippen LogP) is 5.85. The maximum atomic E-state index is 15.0. The molecule has 0 fully saturated rings. The Labute approximate surface area is 192 Å². The van der Waals surface area contributed by atoms with E-state index in [-0.39, 0.29) is 16.0 Å². The molecule has 170 valence electrons. The summed E-state index contributed by atoms with van der Waals surface area (Å²) in [7, 11) is 3.17. The first kappa shape index (κ1) is 23.7. The first-order valence-corrected chi connectivity index (χ1v) is 10.5. The summed E-state index contributed by atoms with van der Waals surface area (Å²) < 4.78 is 55.5. The van der Waals surface area contributed by atoms with Crippen LogP contribution in [-0.4, -0.2) is 32.2 Å². The Morgan fingerprint density at radius 2 is 1.41 bits per heavy atom. The molecule has 0 spiro atoms. The summed E-state index contributed by atoms with van der Waals surface area (Å²) in [6.07, 6.45) is -2.69. The van der Waals surface area contributed by atoms with Gasteiger partial charge in [0.15, 0.2) is 6.61 Å². The van der Waals surface area contributed by atoms with E-state index in [1.807, 2.05) is 48.5 Å². The minimum Gasteiger partial charge on any atom is -0.497 e. The minimum atomic E-state index is -2.69. The van der Waals surface area contributed by atoms with E-state index in [1.165, 1.54) is 6.07 Å². The van der Waals surface area contributed by atoms with Gasteiger partial charge >= 0.3 is 0 Å². The van der Waals surface area contributed by atoms with Gasteiger partial charge in [-0.05, 0) is 57.4 Å². The van der Waals surface area contributed by atoms with Gasteiger partial charge < -0.3 is 19.1 Å². The fourth-order valence-corrected chi connectivity index (χ4v) is 3.45. The molecule has 0 aliphatic carbocycles. The van der Waals surface area contributed by atoms with Gasteiger partial charge in [0, 0.05) is 13.1 Å².